The van der Waals surface area contributed by atoms with Crippen LogP contribution >= 0.6 is 12.6 Å². The van der Waals surface area contributed by atoms with Crippen LogP contribution in [-0.2, 0) is 0 Å². The van der Waals surface area contributed by atoms with Gasteiger partial charge in [-0.25, -0.2) is 9.67 Å². The summed E-state index contributed by atoms with van der Waals surface area (Å²) in [5, 5.41) is 4.38. The van der Waals surface area contributed by atoms with Crippen LogP contribution in [0, 0.1) is 20.8 Å². The van der Waals surface area contributed by atoms with Crippen molar-refractivity contribution in [1.82, 2.24) is 14.8 Å². The molecule has 5 radical (unpaired) electrons. The lowest BCUT2D eigenvalue weighted by Gasteiger charge is -2.15. The van der Waals surface area contributed by atoms with Gasteiger partial charge >= 0.3 is 0 Å². The molecule has 2 aromatic rings. The van der Waals surface area contributed by atoms with E-state index < -0.39 is 0 Å². The summed E-state index contributed by atoms with van der Waals surface area (Å²) in [6.07, 6.45) is 0. The van der Waals surface area contributed by atoms with E-state index in [4.69, 9.17) is 15.5 Å². The minimum absolute atomic E-state index is 0.321. The quantitative estimate of drug-likeness (QED) is 0.629. The molecular weight excluding hydrogens is 249 g/mol. The van der Waals surface area contributed by atoms with Crippen LogP contribution in [0.3, 0.4) is 0 Å². The number of benzene rings is 1. The van der Waals surface area contributed by atoms with E-state index in [1.54, 1.807) is 0 Å². The van der Waals surface area contributed by atoms with Crippen molar-refractivity contribution in [2.24, 2.45) is 0 Å². The van der Waals surface area contributed by atoms with Crippen molar-refractivity contribution >= 4 is 47.1 Å². The molecule has 0 atom stereocenters. The molecule has 0 saturated carbocycles. The number of thiol groups is 1. The molecule has 0 fully saturated rings. The normalized spacial score (nSPS) is 10.5. The molecule has 19 heavy (non-hydrogen) atoms. The second kappa shape index (κ2) is 5.53. The molecule has 0 amide bonds. The Morgan fingerprint density at radius 3 is 2.53 bits per heavy atom. The summed E-state index contributed by atoms with van der Waals surface area (Å²) < 4.78 is 1.81. The van der Waals surface area contributed by atoms with Crippen molar-refractivity contribution in [3.05, 3.63) is 29.3 Å². The van der Waals surface area contributed by atoms with Crippen molar-refractivity contribution in [2.75, 3.05) is 0 Å². The van der Waals surface area contributed by atoms with Crippen LogP contribution in [0.1, 0.15) is 17.2 Å². The maximum Gasteiger partial charge on any atom is 0.148 e. The fraction of sp³-hybridized carbons (Fsp3) is 0.273. The second-order valence-electron chi connectivity index (χ2n) is 4.53. The Morgan fingerprint density at radius 2 is 2.00 bits per heavy atom. The predicted octanol–water partition coefficient (Wildman–Crippen LogP) is 0.133. The molecule has 89 valence electrons. The van der Waals surface area contributed by atoms with Crippen LogP contribution in [0.2, 0.25) is 0 Å². The highest BCUT2D eigenvalue weighted by Crippen LogP contribution is 2.18. The van der Waals surface area contributed by atoms with Crippen LogP contribution < -0.4 is 5.46 Å². The Labute approximate surface area is 123 Å². The Balaban J connectivity index is 2.55. The zero-order valence-electron chi connectivity index (χ0n) is 11.3. The minimum Gasteiger partial charge on any atom is -0.218 e. The average molecular weight is 262 g/mol. The first-order chi connectivity index (χ1) is 8.93. The van der Waals surface area contributed by atoms with Gasteiger partial charge < -0.3 is 0 Å². The fourth-order valence-electron chi connectivity index (χ4n) is 2.06. The molecule has 1 heterocycles. The SMILES string of the molecule is [B][B]B([B])c1cc(C)c(-n2nc(C)nc2C)cc1S. The van der Waals surface area contributed by atoms with E-state index in [-0.39, 0.29) is 6.49 Å². The molecule has 1 aromatic heterocycles. The first-order valence-corrected chi connectivity index (χ1v) is 6.43. The molecule has 0 saturated heterocycles. The number of nitrogens with zero attached hydrogens (tertiary/aromatic N) is 3. The molecule has 0 bridgehead atoms. The maximum absolute atomic E-state index is 5.92. The second-order valence-corrected chi connectivity index (χ2v) is 5.02. The third-order valence-electron chi connectivity index (χ3n) is 3.01. The molecule has 0 aliphatic carbocycles. The monoisotopic (exact) mass is 262 g/mol. The van der Waals surface area contributed by atoms with Gasteiger partial charge in [-0.2, -0.15) is 5.10 Å². The largest absolute Gasteiger partial charge is 0.218 e. The summed E-state index contributed by atoms with van der Waals surface area (Å²) >= 11 is 4.48. The zero-order valence-corrected chi connectivity index (χ0v) is 12.1. The van der Waals surface area contributed by atoms with Crippen LogP contribution in [0.4, 0.5) is 0 Å². The van der Waals surface area contributed by atoms with E-state index in [1.807, 2.05) is 37.6 Å². The number of aromatic nitrogens is 3. The summed E-state index contributed by atoms with van der Waals surface area (Å²) in [6.45, 7) is 5.48. The average Bonchev–Trinajstić information content (AvgIpc) is 2.69. The smallest absolute Gasteiger partial charge is 0.148 e. The fourth-order valence-corrected chi connectivity index (χ4v) is 2.39. The predicted molar refractivity (Wildman–Crippen MR) is 85.5 cm³/mol. The summed E-state index contributed by atoms with van der Waals surface area (Å²) in [5.41, 5.74) is 2.91. The number of hydrogen-bond donors (Lipinski definition) is 1. The zero-order chi connectivity index (χ0) is 14.2. The standard InChI is InChI=1S/C11H12B4N3S/c1-6-4-9(15(13)14-12)11(19)5-10(6)18-8(3)16-7(2)17-18/h4-5,19H,1-3H3. The summed E-state index contributed by atoms with van der Waals surface area (Å²) in [6, 6.07) is 3.93. The van der Waals surface area contributed by atoms with E-state index in [1.165, 1.54) is 7.06 Å². The van der Waals surface area contributed by atoms with E-state index in [0.717, 1.165) is 33.3 Å². The molecule has 0 spiro atoms. The van der Waals surface area contributed by atoms with Gasteiger partial charge in [-0.3, -0.25) is 0 Å². The lowest BCUT2D eigenvalue weighted by Crippen LogP contribution is -2.39. The third kappa shape index (κ3) is 2.78. The Hall–Kier alpha value is -1.03. The lowest BCUT2D eigenvalue weighted by molar-refractivity contribution is 0.823. The van der Waals surface area contributed by atoms with Crippen LogP contribution in [0.25, 0.3) is 5.69 Å². The van der Waals surface area contributed by atoms with Crippen molar-refractivity contribution in [2.45, 2.75) is 25.7 Å². The van der Waals surface area contributed by atoms with Gasteiger partial charge in [0, 0.05) is 22.5 Å². The van der Waals surface area contributed by atoms with Crippen LogP contribution in [-0.4, -0.2) is 43.8 Å². The van der Waals surface area contributed by atoms with E-state index in [2.05, 4.69) is 22.7 Å². The van der Waals surface area contributed by atoms with E-state index in [0.29, 0.717) is 0 Å². The van der Waals surface area contributed by atoms with Gasteiger partial charge in [0.05, 0.1) is 12.2 Å². The topological polar surface area (TPSA) is 30.7 Å². The molecule has 2 rings (SSSR count). The Bertz CT molecular complexity index is 614. The molecule has 0 aliphatic rings. The Morgan fingerprint density at radius 1 is 1.32 bits per heavy atom. The van der Waals surface area contributed by atoms with Crippen molar-refractivity contribution in [3.63, 3.8) is 0 Å². The van der Waals surface area contributed by atoms with Gasteiger partial charge in [-0.1, -0.05) is 11.5 Å². The molecule has 1 aromatic carbocycles. The first kappa shape index (κ1) is 14.4. The third-order valence-corrected chi connectivity index (χ3v) is 3.40. The van der Waals surface area contributed by atoms with E-state index >= 15 is 0 Å². The van der Waals surface area contributed by atoms with Crippen molar-refractivity contribution in [3.8, 4) is 5.69 Å². The van der Waals surface area contributed by atoms with Crippen LogP contribution in [0.5, 0.6) is 0 Å². The highest BCUT2D eigenvalue weighted by molar-refractivity contribution is 7.80. The minimum atomic E-state index is -0.321. The number of hydrogen-bond acceptors (Lipinski definition) is 3. The number of rotatable bonds is 3. The molecule has 8 heteroatoms. The maximum atomic E-state index is 5.92. The summed E-state index contributed by atoms with van der Waals surface area (Å²) in [5.74, 6) is 1.59. The summed E-state index contributed by atoms with van der Waals surface area (Å²) in [4.78, 5) is 5.10. The lowest BCUT2D eigenvalue weighted by atomic mass is 9.03. The van der Waals surface area contributed by atoms with Gasteiger partial charge in [0.15, 0.2) is 0 Å². The van der Waals surface area contributed by atoms with Crippen molar-refractivity contribution in [1.29, 1.82) is 0 Å². The molecule has 0 unspecified atom stereocenters. The van der Waals surface area contributed by atoms with Crippen LogP contribution in [0.15, 0.2) is 17.0 Å². The van der Waals surface area contributed by atoms with Gasteiger partial charge in [-0.15, -0.1) is 12.6 Å². The van der Waals surface area contributed by atoms with Crippen molar-refractivity contribution < 1.29 is 0 Å². The van der Waals surface area contributed by atoms with Gasteiger partial charge in [0.25, 0.3) is 0 Å². The van der Waals surface area contributed by atoms with Gasteiger partial charge in [0.1, 0.15) is 11.6 Å². The van der Waals surface area contributed by atoms with E-state index in [9.17, 15) is 0 Å². The summed E-state index contributed by atoms with van der Waals surface area (Å²) in [7, 11) is 12.9. The first-order valence-electron chi connectivity index (χ1n) is 5.99. The highest BCUT2D eigenvalue weighted by Gasteiger charge is 2.14. The number of aryl methyl sites for hydroxylation is 3. The molecular formula is C11H12B4N3S. The van der Waals surface area contributed by atoms with Gasteiger partial charge in [0.2, 0.25) is 0 Å². The van der Waals surface area contributed by atoms with Gasteiger partial charge in [-0.05, 0) is 37.3 Å². The Kier molecular flexibility index (Phi) is 4.19. The molecule has 0 N–H and O–H groups in total. The molecule has 0 aliphatic heterocycles. The highest BCUT2D eigenvalue weighted by atomic mass is 32.1. The molecule has 3 nitrogen and oxygen atoms in total.